The van der Waals surface area contributed by atoms with E-state index in [1.165, 1.54) is 4.68 Å². The Balaban J connectivity index is 2.50. The third-order valence-electron chi connectivity index (χ3n) is 2.75. The number of aldehydes is 2. The number of nitrogens with zero attached hydrogens (tertiary/aromatic N) is 2. The van der Waals surface area contributed by atoms with Crippen molar-refractivity contribution < 1.29 is 14.7 Å². The molecule has 0 fully saturated rings. The molecule has 5 heteroatoms. The van der Waals surface area contributed by atoms with Crippen LogP contribution < -0.4 is 0 Å². The van der Waals surface area contributed by atoms with Crippen LogP contribution in [0.25, 0.3) is 10.9 Å². The fraction of sp³-hybridized carbons (Fsp3) is 0.250. The molecule has 0 saturated carbocycles. The topological polar surface area (TPSA) is 72.2 Å². The van der Waals surface area contributed by atoms with Crippen LogP contribution in [0.4, 0.5) is 0 Å². The predicted octanol–water partition coefficient (Wildman–Crippen LogP) is 0.584. The zero-order valence-electron chi connectivity index (χ0n) is 9.06. The van der Waals surface area contributed by atoms with E-state index >= 15 is 0 Å². The summed E-state index contributed by atoms with van der Waals surface area (Å²) < 4.78 is 1.47. The standard InChI is InChI=1S/C12H12N2O3/c15-6-10(7-16)12(8-17)14-11-4-2-1-3-9(11)5-13-14/h1-6,8,10,12,16H,7H2/t10-,12+/m0/s1. The van der Waals surface area contributed by atoms with Crippen molar-refractivity contribution in [3.63, 3.8) is 0 Å². The number of carbonyl (C=O) groups excluding carboxylic acids is 2. The number of fused-ring (bicyclic) bond motifs is 1. The van der Waals surface area contributed by atoms with E-state index in [0.717, 1.165) is 10.9 Å². The number of aromatic nitrogens is 2. The number of para-hydroxylation sites is 1. The summed E-state index contributed by atoms with van der Waals surface area (Å²) >= 11 is 0. The van der Waals surface area contributed by atoms with Gasteiger partial charge in [-0.25, -0.2) is 0 Å². The lowest BCUT2D eigenvalue weighted by Gasteiger charge is -2.16. The Morgan fingerprint density at radius 1 is 1.29 bits per heavy atom. The normalized spacial score (nSPS) is 14.4. The number of hydrogen-bond acceptors (Lipinski definition) is 4. The highest BCUT2D eigenvalue weighted by Gasteiger charge is 2.23. The first-order valence-corrected chi connectivity index (χ1v) is 5.25. The van der Waals surface area contributed by atoms with E-state index in [4.69, 9.17) is 5.11 Å². The molecule has 0 spiro atoms. The van der Waals surface area contributed by atoms with Gasteiger partial charge in [-0.2, -0.15) is 5.10 Å². The molecule has 0 amide bonds. The van der Waals surface area contributed by atoms with Gasteiger partial charge in [0.1, 0.15) is 18.6 Å². The molecule has 0 radical (unpaired) electrons. The Bertz CT molecular complexity index is 535. The minimum Gasteiger partial charge on any atom is -0.396 e. The highest BCUT2D eigenvalue weighted by Crippen LogP contribution is 2.20. The van der Waals surface area contributed by atoms with Crippen molar-refractivity contribution in [2.75, 3.05) is 6.61 Å². The first-order valence-electron chi connectivity index (χ1n) is 5.25. The number of hydrogen-bond donors (Lipinski definition) is 1. The summed E-state index contributed by atoms with van der Waals surface area (Å²) in [4.78, 5) is 21.9. The molecule has 5 nitrogen and oxygen atoms in total. The van der Waals surface area contributed by atoms with E-state index in [1.807, 2.05) is 24.3 Å². The van der Waals surface area contributed by atoms with E-state index in [0.29, 0.717) is 12.6 Å². The summed E-state index contributed by atoms with van der Waals surface area (Å²) in [6, 6.07) is 6.62. The van der Waals surface area contributed by atoms with Crippen LogP contribution in [-0.4, -0.2) is 34.1 Å². The number of aliphatic hydroxyl groups excluding tert-OH is 1. The largest absolute Gasteiger partial charge is 0.396 e. The molecular formula is C12H12N2O3. The molecule has 2 aromatic rings. The van der Waals surface area contributed by atoms with Gasteiger partial charge in [0.2, 0.25) is 0 Å². The highest BCUT2D eigenvalue weighted by atomic mass is 16.3. The zero-order valence-corrected chi connectivity index (χ0v) is 9.06. The first-order chi connectivity index (χ1) is 8.31. The Labute approximate surface area is 97.7 Å². The number of carbonyl (C=O) groups is 2. The zero-order chi connectivity index (χ0) is 12.3. The Morgan fingerprint density at radius 2 is 2.06 bits per heavy atom. The van der Waals surface area contributed by atoms with Crippen molar-refractivity contribution in [1.82, 2.24) is 9.78 Å². The second-order valence-electron chi connectivity index (χ2n) is 3.76. The van der Waals surface area contributed by atoms with Crippen molar-refractivity contribution >= 4 is 23.5 Å². The lowest BCUT2D eigenvalue weighted by atomic mass is 10.0. The Morgan fingerprint density at radius 3 is 2.71 bits per heavy atom. The number of rotatable bonds is 5. The van der Waals surface area contributed by atoms with Crippen molar-refractivity contribution in [2.24, 2.45) is 5.92 Å². The maximum Gasteiger partial charge on any atom is 0.145 e. The lowest BCUT2D eigenvalue weighted by Crippen LogP contribution is -2.25. The van der Waals surface area contributed by atoms with Crippen molar-refractivity contribution in [2.45, 2.75) is 6.04 Å². The van der Waals surface area contributed by atoms with E-state index < -0.39 is 12.0 Å². The second kappa shape index (κ2) is 4.88. The molecule has 0 aliphatic rings. The van der Waals surface area contributed by atoms with Gasteiger partial charge in [-0.15, -0.1) is 0 Å². The SMILES string of the molecule is O=C[C@H]([C@@H](C=O)CO)n1ncc2ccccc21. The van der Waals surface area contributed by atoms with E-state index in [9.17, 15) is 9.59 Å². The van der Waals surface area contributed by atoms with Gasteiger partial charge >= 0.3 is 0 Å². The van der Waals surface area contributed by atoms with Gasteiger partial charge in [-0.3, -0.25) is 4.68 Å². The molecule has 1 aromatic carbocycles. The third kappa shape index (κ3) is 1.97. The van der Waals surface area contributed by atoms with Gasteiger partial charge < -0.3 is 14.7 Å². The van der Waals surface area contributed by atoms with Gasteiger partial charge in [0.15, 0.2) is 0 Å². The molecule has 2 rings (SSSR count). The van der Waals surface area contributed by atoms with Gasteiger partial charge in [-0.05, 0) is 6.07 Å². The van der Waals surface area contributed by atoms with Gasteiger partial charge in [0.25, 0.3) is 0 Å². The molecule has 17 heavy (non-hydrogen) atoms. The van der Waals surface area contributed by atoms with Gasteiger partial charge in [-0.1, -0.05) is 18.2 Å². The summed E-state index contributed by atoms with van der Waals surface area (Å²) in [5.41, 5.74) is 0.768. The molecule has 1 heterocycles. The predicted molar refractivity (Wildman–Crippen MR) is 61.5 cm³/mol. The summed E-state index contributed by atoms with van der Waals surface area (Å²) in [6.45, 7) is -0.374. The molecule has 1 N–H and O–H groups in total. The van der Waals surface area contributed by atoms with Crippen LogP contribution in [0.3, 0.4) is 0 Å². The van der Waals surface area contributed by atoms with E-state index in [-0.39, 0.29) is 6.61 Å². The van der Waals surface area contributed by atoms with E-state index in [1.54, 1.807) is 6.20 Å². The van der Waals surface area contributed by atoms with Crippen LogP contribution in [-0.2, 0) is 9.59 Å². The lowest BCUT2D eigenvalue weighted by molar-refractivity contribution is -0.120. The molecule has 0 saturated heterocycles. The highest BCUT2D eigenvalue weighted by molar-refractivity contribution is 5.80. The average molecular weight is 232 g/mol. The minimum absolute atomic E-state index is 0.374. The van der Waals surface area contributed by atoms with Crippen LogP contribution in [0.1, 0.15) is 6.04 Å². The number of aliphatic hydroxyl groups is 1. The monoisotopic (exact) mass is 232 g/mol. The average Bonchev–Trinajstić information content (AvgIpc) is 2.79. The maximum atomic E-state index is 11.1. The molecular weight excluding hydrogens is 220 g/mol. The fourth-order valence-corrected chi connectivity index (χ4v) is 1.80. The van der Waals surface area contributed by atoms with Crippen LogP contribution in [0.5, 0.6) is 0 Å². The van der Waals surface area contributed by atoms with Gasteiger partial charge in [0.05, 0.1) is 24.2 Å². The van der Waals surface area contributed by atoms with E-state index in [2.05, 4.69) is 5.10 Å². The van der Waals surface area contributed by atoms with Crippen molar-refractivity contribution in [3.05, 3.63) is 30.5 Å². The molecule has 0 bridgehead atoms. The van der Waals surface area contributed by atoms with Crippen LogP contribution in [0.2, 0.25) is 0 Å². The molecule has 1 aromatic heterocycles. The van der Waals surface area contributed by atoms with Crippen molar-refractivity contribution in [1.29, 1.82) is 0 Å². The molecule has 88 valence electrons. The maximum absolute atomic E-state index is 11.1. The summed E-state index contributed by atoms with van der Waals surface area (Å²) in [5.74, 6) is -0.768. The van der Waals surface area contributed by atoms with Gasteiger partial charge in [0, 0.05) is 5.39 Å². The third-order valence-corrected chi connectivity index (χ3v) is 2.75. The molecule has 0 unspecified atom stereocenters. The van der Waals surface area contributed by atoms with Crippen LogP contribution in [0, 0.1) is 5.92 Å². The summed E-state index contributed by atoms with van der Waals surface area (Å²) in [5, 5.41) is 14.1. The summed E-state index contributed by atoms with van der Waals surface area (Å²) in [7, 11) is 0. The summed E-state index contributed by atoms with van der Waals surface area (Å²) in [6.07, 6.45) is 2.84. The minimum atomic E-state index is -0.768. The van der Waals surface area contributed by atoms with Crippen LogP contribution in [0.15, 0.2) is 30.5 Å². The number of benzene rings is 1. The molecule has 2 atom stereocenters. The van der Waals surface area contributed by atoms with Crippen molar-refractivity contribution in [3.8, 4) is 0 Å². The molecule has 0 aliphatic heterocycles. The Kier molecular flexibility index (Phi) is 3.30. The smallest absolute Gasteiger partial charge is 0.145 e. The molecule has 0 aliphatic carbocycles. The fourth-order valence-electron chi connectivity index (χ4n) is 1.80. The van der Waals surface area contributed by atoms with Crippen LogP contribution >= 0.6 is 0 Å². The Hall–Kier alpha value is -2.01. The first kappa shape index (κ1) is 11.5. The quantitative estimate of drug-likeness (QED) is 0.765. The second-order valence-corrected chi connectivity index (χ2v) is 3.76.